The van der Waals surface area contributed by atoms with Crippen LogP contribution in [-0.2, 0) is 14.4 Å². The maximum Gasteiger partial charge on any atom is 0.329 e. The fraction of sp³-hybridized carbons (Fsp3) is 0.0833. The van der Waals surface area contributed by atoms with Crippen LogP contribution in [0.1, 0.15) is 11.1 Å². The van der Waals surface area contributed by atoms with Gasteiger partial charge in [-0.15, -0.1) is 0 Å². The number of benzene rings is 3. The Hall–Kier alpha value is -3.88. The van der Waals surface area contributed by atoms with E-state index in [4.69, 9.17) is 27.9 Å². The second-order valence-corrected chi connectivity index (χ2v) is 7.82. The number of hydrazone groups is 1. The summed E-state index contributed by atoms with van der Waals surface area (Å²) in [6, 6.07) is 18.4. The van der Waals surface area contributed by atoms with Gasteiger partial charge < -0.3 is 15.4 Å². The fourth-order valence-corrected chi connectivity index (χ4v) is 3.02. The molecular formula is C24H20Cl2N4O4. The lowest BCUT2D eigenvalue weighted by molar-refractivity contribution is -0.136. The SMILES string of the molecule is Cc1ccc(NC(=O)COc2cccc(/C=N\NC(=O)C(=O)Nc3ccccc3Cl)c2)cc1Cl. The largest absolute Gasteiger partial charge is 0.484 e. The Balaban J connectivity index is 1.49. The molecule has 0 atom stereocenters. The van der Waals surface area contributed by atoms with Crippen molar-refractivity contribution in [3.8, 4) is 5.75 Å². The summed E-state index contributed by atoms with van der Waals surface area (Å²) in [5.41, 5.74) is 4.51. The number of para-hydroxylation sites is 1. The van der Waals surface area contributed by atoms with Crippen LogP contribution in [0.25, 0.3) is 0 Å². The van der Waals surface area contributed by atoms with Gasteiger partial charge in [0.15, 0.2) is 6.61 Å². The number of halogens is 2. The van der Waals surface area contributed by atoms with Crippen molar-refractivity contribution in [3.63, 3.8) is 0 Å². The molecular weight excluding hydrogens is 479 g/mol. The van der Waals surface area contributed by atoms with Crippen LogP contribution in [0.5, 0.6) is 5.75 Å². The predicted molar refractivity (Wildman–Crippen MR) is 133 cm³/mol. The van der Waals surface area contributed by atoms with Gasteiger partial charge in [-0.25, -0.2) is 5.43 Å². The maximum absolute atomic E-state index is 12.1. The van der Waals surface area contributed by atoms with Gasteiger partial charge in [0, 0.05) is 10.7 Å². The summed E-state index contributed by atoms with van der Waals surface area (Å²) < 4.78 is 5.51. The van der Waals surface area contributed by atoms with E-state index in [9.17, 15) is 14.4 Å². The van der Waals surface area contributed by atoms with Gasteiger partial charge in [-0.2, -0.15) is 5.10 Å². The van der Waals surface area contributed by atoms with E-state index in [1.54, 1.807) is 66.7 Å². The molecule has 34 heavy (non-hydrogen) atoms. The van der Waals surface area contributed by atoms with Gasteiger partial charge in [-0.1, -0.05) is 53.5 Å². The molecule has 0 bridgehead atoms. The first kappa shape index (κ1) is 24.8. The van der Waals surface area contributed by atoms with Gasteiger partial charge in [-0.05, 0) is 54.4 Å². The van der Waals surface area contributed by atoms with Crippen molar-refractivity contribution in [2.24, 2.45) is 5.10 Å². The highest BCUT2D eigenvalue weighted by Gasteiger charge is 2.14. The number of hydrogen-bond acceptors (Lipinski definition) is 5. The molecule has 0 saturated heterocycles. The van der Waals surface area contributed by atoms with Crippen LogP contribution in [0.4, 0.5) is 11.4 Å². The first-order valence-electron chi connectivity index (χ1n) is 9.99. The Labute approximate surface area is 205 Å². The molecule has 3 rings (SSSR count). The maximum atomic E-state index is 12.1. The molecule has 0 aliphatic heterocycles. The number of anilines is 2. The third kappa shape index (κ3) is 7.33. The number of hydrogen-bond donors (Lipinski definition) is 3. The summed E-state index contributed by atoms with van der Waals surface area (Å²) in [4.78, 5) is 36.0. The zero-order chi connectivity index (χ0) is 24.5. The highest BCUT2D eigenvalue weighted by atomic mass is 35.5. The summed E-state index contributed by atoms with van der Waals surface area (Å²) in [5.74, 6) is -1.81. The van der Waals surface area contributed by atoms with Crippen molar-refractivity contribution in [2.75, 3.05) is 17.2 Å². The highest BCUT2D eigenvalue weighted by molar-refractivity contribution is 6.41. The molecule has 0 aliphatic carbocycles. The Morgan fingerprint density at radius 2 is 1.71 bits per heavy atom. The molecule has 3 aromatic carbocycles. The van der Waals surface area contributed by atoms with Crippen molar-refractivity contribution in [2.45, 2.75) is 6.92 Å². The van der Waals surface area contributed by atoms with Gasteiger partial charge in [0.2, 0.25) is 0 Å². The van der Waals surface area contributed by atoms with Crippen molar-refractivity contribution in [1.29, 1.82) is 0 Å². The highest BCUT2D eigenvalue weighted by Crippen LogP contribution is 2.21. The molecule has 0 radical (unpaired) electrons. The number of carbonyl (C=O) groups excluding carboxylic acids is 3. The van der Waals surface area contributed by atoms with E-state index in [1.807, 2.05) is 6.92 Å². The summed E-state index contributed by atoms with van der Waals surface area (Å²) in [6.07, 6.45) is 1.34. The van der Waals surface area contributed by atoms with Crippen LogP contribution in [0.15, 0.2) is 71.8 Å². The molecule has 0 unspecified atom stereocenters. The Bertz CT molecular complexity index is 1250. The van der Waals surface area contributed by atoms with Crippen molar-refractivity contribution < 1.29 is 19.1 Å². The molecule has 3 N–H and O–H groups in total. The second-order valence-electron chi connectivity index (χ2n) is 7.01. The van der Waals surface area contributed by atoms with E-state index in [0.717, 1.165) is 5.56 Å². The number of amides is 3. The molecule has 174 valence electrons. The fourth-order valence-electron chi connectivity index (χ4n) is 2.66. The number of nitrogens with zero attached hydrogens (tertiary/aromatic N) is 1. The van der Waals surface area contributed by atoms with Crippen LogP contribution >= 0.6 is 23.2 Å². The van der Waals surface area contributed by atoms with Crippen LogP contribution in [0, 0.1) is 6.92 Å². The molecule has 0 fully saturated rings. The van der Waals surface area contributed by atoms with Crippen LogP contribution in [-0.4, -0.2) is 30.5 Å². The van der Waals surface area contributed by atoms with E-state index in [2.05, 4.69) is 21.2 Å². The van der Waals surface area contributed by atoms with Crippen LogP contribution < -0.4 is 20.8 Å². The Morgan fingerprint density at radius 3 is 2.47 bits per heavy atom. The molecule has 3 aromatic rings. The van der Waals surface area contributed by atoms with Gasteiger partial charge in [-0.3, -0.25) is 14.4 Å². The molecule has 8 nitrogen and oxygen atoms in total. The van der Waals surface area contributed by atoms with Gasteiger partial charge in [0.05, 0.1) is 16.9 Å². The zero-order valence-corrected chi connectivity index (χ0v) is 19.5. The molecule has 0 aliphatic rings. The smallest absolute Gasteiger partial charge is 0.329 e. The first-order valence-corrected chi connectivity index (χ1v) is 10.7. The van der Waals surface area contributed by atoms with Crippen molar-refractivity contribution in [3.05, 3.63) is 87.9 Å². The average molecular weight is 499 g/mol. The van der Waals surface area contributed by atoms with Crippen LogP contribution in [0.3, 0.4) is 0 Å². The molecule has 3 amide bonds. The topological polar surface area (TPSA) is 109 Å². The minimum absolute atomic E-state index is 0.217. The number of ether oxygens (including phenoxy) is 1. The Kier molecular flexibility index (Phi) is 8.61. The monoisotopic (exact) mass is 498 g/mol. The third-order valence-corrected chi connectivity index (χ3v) is 5.13. The second kappa shape index (κ2) is 11.8. The number of nitrogens with one attached hydrogen (secondary N) is 3. The zero-order valence-electron chi connectivity index (χ0n) is 18.0. The Morgan fingerprint density at radius 1 is 0.912 bits per heavy atom. The van der Waals surface area contributed by atoms with Crippen LogP contribution in [0.2, 0.25) is 10.0 Å². The number of rotatable bonds is 7. The third-order valence-electron chi connectivity index (χ3n) is 4.39. The first-order chi connectivity index (χ1) is 16.3. The van der Waals surface area contributed by atoms with E-state index in [0.29, 0.717) is 32.7 Å². The van der Waals surface area contributed by atoms with E-state index >= 15 is 0 Å². The van der Waals surface area contributed by atoms with Gasteiger partial charge in [0.25, 0.3) is 5.91 Å². The average Bonchev–Trinajstić information content (AvgIpc) is 2.82. The molecule has 0 saturated carbocycles. The molecule has 0 aromatic heterocycles. The number of carbonyl (C=O) groups is 3. The summed E-state index contributed by atoms with van der Waals surface area (Å²) in [6.45, 7) is 1.65. The quantitative estimate of drug-likeness (QED) is 0.254. The van der Waals surface area contributed by atoms with E-state index in [1.165, 1.54) is 6.21 Å². The van der Waals surface area contributed by atoms with Crippen molar-refractivity contribution in [1.82, 2.24) is 5.43 Å². The van der Waals surface area contributed by atoms with Crippen molar-refractivity contribution >= 4 is 58.5 Å². The lowest BCUT2D eigenvalue weighted by Crippen LogP contribution is -2.32. The lowest BCUT2D eigenvalue weighted by atomic mass is 10.2. The van der Waals surface area contributed by atoms with E-state index in [-0.39, 0.29) is 12.5 Å². The summed E-state index contributed by atoms with van der Waals surface area (Å²) >= 11 is 12.0. The van der Waals surface area contributed by atoms with Gasteiger partial charge >= 0.3 is 11.8 Å². The lowest BCUT2D eigenvalue weighted by Gasteiger charge is -2.09. The van der Waals surface area contributed by atoms with E-state index < -0.39 is 11.8 Å². The standard InChI is InChI=1S/C24H20Cl2N4O4/c1-15-9-10-17(12-20(15)26)28-22(31)14-34-18-6-4-5-16(11-18)13-27-30-24(33)23(32)29-21-8-3-2-7-19(21)25/h2-13H,14H2,1H3,(H,28,31)(H,29,32)(H,30,33)/b27-13-. The predicted octanol–water partition coefficient (Wildman–Crippen LogP) is 4.41. The minimum atomic E-state index is -0.962. The molecule has 10 heteroatoms. The number of aryl methyl sites for hydroxylation is 1. The molecule has 0 heterocycles. The summed E-state index contributed by atoms with van der Waals surface area (Å²) in [7, 11) is 0. The minimum Gasteiger partial charge on any atom is -0.484 e. The summed E-state index contributed by atoms with van der Waals surface area (Å²) in [5, 5.41) is 9.73. The normalized spacial score (nSPS) is 10.6. The molecule has 0 spiro atoms. The van der Waals surface area contributed by atoms with Gasteiger partial charge in [0.1, 0.15) is 5.75 Å².